The lowest BCUT2D eigenvalue weighted by atomic mass is 10.2. The molecule has 0 fully saturated rings. The van der Waals surface area contributed by atoms with Gasteiger partial charge in [-0.2, -0.15) is 5.10 Å². The fraction of sp³-hybridized carbons (Fsp3) is 0.250. The minimum Gasteiger partial charge on any atom is -0.236 e. The van der Waals surface area contributed by atoms with Crippen LogP contribution in [-0.4, -0.2) is 9.78 Å². The molecule has 0 N–H and O–H groups in total. The number of halogens is 3. The quantitative estimate of drug-likeness (QED) is 0.687. The van der Waals surface area contributed by atoms with E-state index >= 15 is 0 Å². The Bertz CT molecular complexity index is 564. The van der Waals surface area contributed by atoms with E-state index in [4.69, 9.17) is 11.6 Å². The summed E-state index contributed by atoms with van der Waals surface area (Å²) in [7, 11) is 0. The molecule has 90 valence electrons. The van der Waals surface area contributed by atoms with Crippen LogP contribution >= 0.6 is 43.5 Å². The van der Waals surface area contributed by atoms with Crippen molar-refractivity contribution < 1.29 is 0 Å². The van der Waals surface area contributed by atoms with Gasteiger partial charge in [-0.3, -0.25) is 0 Å². The molecule has 2 rings (SSSR count). The van der Waals surface area contributed by atoms with Crippen LogP contribution in [0, 0.1) is 13.8 Å². The molecule has 0 unspecified atom stereocenters. The Hall–Kier alpha value is -0.320. The van der Waals surface area contributed by atoms with E-state index in [2.05, 4.69) is 37.0 Å². The zero-order valence-electron chi connectivity index (χ0n) is 9.47. The Morgan fingerprint density at radius 2 is 2.06 bits per heavy atom. The highest BCUT2D eigenvalue weighted by Crippen LogP contribution is 2.29. The first-order valence-corrected chi connectivity index (χ1v) is 7.41. The molecule has 2 aromatic rings. The Morgan fingerprint density at radius 1 is 1.35 bits per heavy atom. The van der Waals surface area contributed by atoms with Crippen molar-refractivity contribution >= 4 is 43.5 Å². The number of hydrogen-bond acceptors (Lipinski definition) is 1. The summed E-state index contributed by atoms with van der Waals surface area (Å²) in [4.78, 5) is 0. The summed E-state index contributed by atoms with van der Waals surface area (Å²) in [6.07, 6.45) is 0. The van der Waals surface area contributed by atoms with Crippen LogP contribution in [0.4, 0.5) is 0 Å². The van der Waals surface area contributed by atoms with E-state index in [0.717, 1.165) is 32.1 Å². The standard InChI is InChI=1S/C12H11Br2ClN2/c1-7-12(14)8(2)17(16-7)11-5-3-4-10(15)9(11)6-13/h3-5H,6H2,1-2H3. The van der Waals surface area contributed by atoms with Crippen LogP contribution in [0.2, 0.25) is 5.02 Å². The van der Waals surface area contributed by atoms with Crippen molar-refractivity contribution in [2.24, 2.45) is 0 Å². The minimum atomic E-state index is 0.706. The highest BCUT2D eigenvalue weighted by Gasteiger charge is 2.14. The number of aromatic nitrogens is 2. The van der Waals surface area contributed by atoms with Gasteiger partial charge in [0.05, 0.1) is 21.5 Å². The molecule has 5 heteroatoms. The van der Waals surface area contributed by atoms with Crippen molar-refractivity contribution in [3.05, 3.63) is 44.6 Å². The lowest BCUT2D eigenvalue weighted by Gasteiger charge is -2.10. The molecule has 0 aliphatic heterocycles. The maximum absolute atomic E-state index is 6.20. The fourth-order valence-corrected chi connectivity index (χ4v) is 2.97. The van der Waals surface area contributed by atoms with E-state index < -0.39 is 0 Å². The Morgan fingerprint density at radius 3 is 2.59 bits per heavy atom. The van der Waals surface area contributed by atoms with Crippen LogP contribution in [0.15, 0.2) is 22.7 Å². The summed E-state index contributed by atoms with van der Waals surface area (Å²) in [6, 6.07) is 5.85. The van der Waals surface area contributed by atoms with Gasteiger partial charge in [0, 0.05) is 15.9 Å². The molecule has 17 heavy (non-hydrogen) atoms. The van der Waals surface area contributed by atoms with Crippen LogP contribution in [0.3, 0.4) is 0 Å². The number of hydrogen-bond donors (Lipinski definition) is 0. The average Bonchev–Trinajstić information content (AvgIpc) is 2.56. The molecule has 0 atom stereocenters. The average molecular weight is 378 g/mol. The maximum atomic E-state index is 6.20. The molecular formula is C12H11Br2ClN2. The molecule has 0 bridgehead atoms. The third kappa shape index (κ3) is 2.30. The molecule has 0 saturated heterocycles. The molecule has 0 spiro atoms. The maximum Gasteiger partial charge on any atom is 0.0743 e. The van der Waals surface area contributed by atoms with Crippen LogP contribution in [0.1, 0.15) is 17.0 Å². The monoisotopic (exact) mass is 376 g/mol. The number of aryl methyl sites for hydroxylation is 1. The molecule has 0 amide bonds. The zero-order valence-corrected chi connectivity index (χ0v) is 13.4. The second kappa shape index (κ2) is 5.12. The molecule has 0 aliphatic rings. The highest BCUT2D eigenvalue weighted by atomic mass is 79.9. The third-order valence-electron chi connectivity index (χ3n) is 2.66. The van der Waals surface area contributed by atoms with Gasteiger partial charge in [0.15, 0.2) is 0 Å². The van der Waals surface area contributed by atoms with Crippen molar-refractivity contribution in [2.45, 2.75) is 19.2 Å². The van der Waals surface area contributed by atoms with Gasteiger partial charge in [-0.15, -0.1) is 0 Å². The van der Waals surface area contributed by atoms with Crippen molar-refractivity contribution in [1.29, 1.82) is 0 Å². The lowest BCUT2D eigenvalue weighted by Crippen LogP contribution is -2.03. The lowest BCUT2D eigenvalue weighted by molar-refractivity contribution is 0.826. The van der Waals surface area contributed by atoms with Crippen molar-refractivity contribution in [1.82, 2.24) is 9.78 Å². The smallest absolute Gasteiger partial charge is 0.0743 e. The summed E-state index contributed by atoms with van der Waals surface area (Å²) < 4.78 is 2.96. The first-order chi connectivity index (χ1) is 8.06. The van der Waals surface area contributed by atoms with Gasteiger partial charge in [0.2, 0.25) is 0 Å². The number of nitrogens with zero attached hydrogens (tertiary/aromatic N) is 2. The molecule has 1 heterocycles. The van der Waals surface area contributed by atoms with Crippen LogP contribution in [0.5, 0.6) is 0 Å². The highest BCUT2D eigenvalue weighted by molar-refractivity contribution is 9.10. The van der Waals surface area contributed by atoms with E-state index in [9.17, 15) is 0 Å². The van der Waals surface area contributed by atoms with Gasteiger partial charge >= 0.3 is 0 Å². The van der Waals surface area contributed by atoms with Crippen LogP contribution in [0.25, 0.3) is 5.69 Å². The first kappa shape index (κ1) is 13.1. The third-order valence-corrected chi connectivity index (χ3v) is 4.72. The largest absolute Gasteiger partial charge is 0.236 e. The normalized spacial score (nSPS) is 10.9. The van der Waals surface area contributed by atoms with E-state index in [-0.39, 0.29) is 0 Å². The van der Waals surface area contributed by atoms with Gasteiger partial charge < -0.3 is 0 Å². The minimum absolute atomic E-state index is 0.706. The predicted molar refractivity (Wildman–Crippen MR) is 78.4 cm³/mol. The molecule has 0 aliphatic carbocycles. The van der Waals surface area contributed by atoms with Crippen LogP contribution in [-0.2, 0) is 5.33 Å². The predicted octanol–water partition coefficient (Wildman–Crippen LogP) is 4.80. The summed E-state index contributed by atoms with van der Waals surface area (Å²) in [6.45, 7) is 4.01. The van der Waals surface area contributed by atoms with E-state index in [1.165, 1.54) is 0 Å². The van der Waals surface area contributed by atoms with Gasteiger partial charge in [0.1, 0.15) is 0 Å². The Balaban J connectivity index is 2.68. The summed E-state index contributed by atoms with van der Waals surface area (Å²) >= 11 is 13.2. The first-order valence-electron chi connectivity index (χ1n) is 5.11. The summed E-state index contributed by atoms with van der Waals surface area (Å²) in [5, 5.41) is 5.98. The molecule has 1 aromatic heterocycles. The van der Waals surface area contributed by atoms with Gasteiger partial charge in [0.25, 0.3) is 0 Å². The molecule has 2 nitrogen and oxygen atoms in total. The van der Waals surface area contributed by atoms with Gasteiger partial charge in [-0.05, 0) is 41.9 Å². The van der Waals surface area contributed by atoms with Crippen molar-refractivity contribution in [3.8, 4) is 5.69 Å². The molecule has 1 aromatic carbocycles. The molecule has 0 saturated carbocycles. The number of alkyl halides is 1. The topological polar surface area (TPSA) is 17.8 Å². The Labute approximate surface area is 122 Å². The second-order valence-corrected chi connectivity index (χ2v) is 5.53. The number of benzene rings is 1. The van der Waals surface area contributed by atoms with Crippen molar-refractivity contribution in [3.63, 3.8) is 0 Å². The fourth-order valence-electron chi connectivity index (χ4n) is 1.74. The van der Waals surface area contributed by atoms with E-state index in [1.807, 2.05) is 36.7 Å². The number of rotatable bonds is 2. The van der Waals surface area contributed by atoms with E-state index in [1.54, 1.807) is 0 Å². The van der Waals surface area contributed by atoms with Gasteiger partial charge in [-0.1, -0.05) is 33.6 Å². The summed E-state index contributed by atoms with van der Waals surface area (Å²) in [5.74, 6) is 0. The summed E-state index contributed by atoms with van der Waals surface area (Å²) in [5.41, 5.74) is 4.11. The molecule has 0 radical (unpaired) electrons. The van der Waals surface area contributed by atoms with Crippen LogP contribution < -0.4 is 0 Å². The molecular weight excluding hydrogens is 367 g/mol. The van der Waals surface area contributed by atoms with Gasteiger partial charge in [-0.25, -0.2) is 4.68 Å². The zero-order chi connectivity index (χ0) is 12.6. The SMILES string of the molecule is Cc1nn(-c2cccc(Cl)c2CBr)c(C)c1Br. The van der Waals surface area contributed by atoms with E-state index in [0.29, 0.717) is 5.33 Å². The van der Waals surface area contributed by atoms with Crippen molar-refractivity contribution in [2.75, 3.05) is 0 Å². The second-order valence-electron chi connectivity index (χ2n) is 3.77. The Kier molecular flexibility index (Phi) is 3.95.